The molecule has 0 saturated heterocycles. The van der Waals surface area contributed by atoms with Crippen LogP contribution in [-0.2, 0) is 10.3 Å². The molecular formula is C6H7ClNNaO3S. The van der Waals surface area contributed by atoms with Crippen molar-refractivity contribution in [2.24, 2.45) is 0 Å². The van der Waals surface area contributed by atoms with Crippen molar-refractivity contribution in [2.45, 2.75) is 0 Å². The van der Waals surface area contributed by atoms with Crippen LogP contribution in [0.2, 0.25) is 0 Å². The second kappa shape index (κ2) is 8.96. The number of hydrogen-bond acceptors (Lipinski definition) is 3. The molecule has 1 aromatic carbocycles. The summed E-state index contributed by atoms with van der Waals surface area (Å²) in [5, 5.41) is 0. The molecule has 0 heterocycles. The average molecular weight is 232 g/mol. The predicted octanol–water partition coefficient (Wildman–Crippen LogP) is -2.12. The molecule has 0 atom stereocenters. The van der Waals surface area contributed by atoms with Crippen LogP contribution in [0, 0.1) is 0 Å². The minimum atomic E-state index is -4.40. The van der Waals surface area contributed by atoms with Crippen molar-refractivity contribution in [3.63, 3.8) is 0 Å². The summed E-state index contributed by atoms with van der Waals surface area (Å²) < 4.78 is 28.6. The molecule has 0 aliphatic heterocycles. The summed E-state index contributed by atoms with van der Waals surface area (Å²) in [5.74, 6) is 0. The fourth-order valence-electron chi connectivity index (χ4n) is 0.385. The summed E-state index contributed by atoms with van der Waals surface area (Å²) >= 11 is 4.33. The maximum absolute atomic E-state index is 9.20. The van der Waals surface area contributed by atoms with Gasteiger partial charge in [-0.2, -0.15) is 0 Å². The van der Waals surface area contributed by atoms with Gasteiger partial charge in [0.1, 0.15) is 0 Å². The van der Waals surface area contributed by atoms with Gasteiger partial charge in [-0.15, -0.1) is 4.24 Å². The SMILES string of the molecule is O=S(=O)([O-])NCl.[Na+].c1ccccc1. The Balaban J connectivity index is 0. The third-order valence-corrected chi connectivity index (χ3v) is 1.52. The first-order chi connectivity index (χ1) is 5.56. The van der Waals surface area contributed by atoms with Gasteiger partial charge in [0.25, 0.3) is 0 Å². The Morgan fingerprint density at radius 3 is 1.23 bits per heavy atom. The monoisotopic (exact) mass is 231 g/mol. The molecule has 13 heavy (non-hydrogen) atoms. The van der Waals surface area contributed by atoms with E-state index in [-0.39, 0.29) is 29.6 Å². The van der Waals surface area contributed by atoms with Crippen LogP contribution < -0.4 is 33.8 Å². The van der Waals surface area contributed by atoms with E-state index in [1.165, 1.54) is 0 Å². The van der Waals surface area contributed by atoms with Crippen LogP contribution in [-0.4, -0.2) is 13.0 Å². The molecule has 0 amide bonds. The second-order valence-electron chi connectivity index (χ2n) is 1.69. The summed E-state index contributed by atoms with van der Waals surface area (Å²) in [6, 6.07) is 12.0. The first-order valence-electron chi connectivity index (χ1n) is 2.89. The van der Waals surface area contributed by atoms with Gasteiger partial charge in [-0.25, -0.2) is 8.42 Å². The molecule has 0 aromatic heterocycles. The van der Waals surface area contributed by atoms with Crippen molar-refractivity contribution in [2.75, 3.05) is 0 Å². The van der Waals surface area contributed by atoms with Gasteiger partial charge in [-0.05, 0) is 11.8 Å². The van der Waals surface area contributed by atoms with Gasteiger partial charge < -0.3 is 4.55 Å². The summed E-state index contributed by atoms with van der Waals surface area (Å²) in [6.07, 6.45) is 0. The Bertz CT molecular complexity index is 265. The zero-order valence-corrected chi connectivity index (χ0v) is 10.5. The van der Waals surface area contributed by atoms with Crippen molar-refractivity contribution in [1.82, 2.24) is 4.24 Å². The van der Waals surface area contributed by atoms with E-state index in [1.807, 2.05) is 36.4 Å². The fourth-order valence-corrected chi connectivity index (χ4v) is 0.385. The van der Waals surface area contributed by atoms with E-state index in [0.29, 0.717) is 0 Å². The van der Waals surface area contributed by atoms with Crippen LogP contribution in [0.15, 0.2) is 36.4 Å². The third-order valence-electron chi connectivity index (χ3n) is 0.761. The van der Waals surface area contributed by atoms with Gasteiger partial charge in [0, 0.05) is 0 Å². The van der Waals surface area contributed by atoms with Gasteiger partial charge >= 0.3 is 29.6 Å². The molecule has 0 unspecified atom stereocenters. The number of nitrogens with one attached hydrogen (secondary N) is 1. The Labute approximate surface area is 105 Å². The molecule has 1 N–H and O–H groups in total. The van der Waals surface area contributed by atoms with E-state index in [4.69, 9.17) is 0 Å². The van der Waals surface area contributed by atoms with Crippen LogP contribution in [0.5, 0.6) is 0 Å². The maximum atomic E-state index is 9.20. The van der Waals surface area contributed by atoms with E-state index in [9.17, 15) is 13.0 Å². The fraction of sp³-hybridized carbons (Fsp3) is 0. The number of hydrogen-bond donors (Lipinski definition) is 1. The van der Waals surface area contributed by atoms with Gasteiger partial charge in [0.05, 0.1) is 0 Å². The minimum Gasteiger partial charge on any atom is -0.735 e. The number of benzene rings is 1. The van der Waals surface area contributed by atoms with E-state index < -0.39 is 10.3 Å². The quantitative estimate of drug-likeness (QED) is 0.341. The Morgan fingerprint density at radius 1 is 1.00 bits per heavy atom. The van der Waals surface area contributed by atoms with E-state index in [2.05, 4.69) is 11.8 Å². The molecule has 1 aromatic rings. The zero-order chi connectivity index (χ0) is 9.45. The second-order valence-corrected chi connectivity index (χ2v) is 3.21. The molecule has 0 aliphatic carbocycles. The minimum absolute atomic E-state index is 0. The molecule has 7 heteroatoms. The third kappa shape index (κ3) is 15.2. The summed E-state index contributed by atoms with van der Waals surface area (Å²) in [5.41, 5.74) is 0. The molecule has 4 nitrogen and oxygen atoms in total. The Hall–Kier alpha value is 0.380. The van der Waals surface area contributed by atoms with Crippen molar-refractivity contribution in [1.29, 1.82) is 0 Å². The zero-order valence-electron chi connectivity index (χ0n) is 6.98. The molecular weight excluding hydrogens is 225 g/mol. The van der Waals surface area contributed by atoms with Crippen molar-refractivity contribution in [3.8, 4) is 0 Å². The van der Waals surface area contributed by atoms with Crippen molar-refractivity contribution < 1.29 is 42.5 Å². The van der Waals surface area contributed by atoms with Crippen molar-refractivity contribution in [3.05, 3.63) is 36.4 Å². The van der Waals surface area contributed by atoms with Crippen LogP contribution in [0.25, 0.3) is 0 Å². The van der Waals surface area contributed by atoms with Crippen molar-refractivity contribution >= 4 is 22.1 Å². The number of rotatable bonds is 1. The van der Waals surface area contributed by atoms with Crippen LogP contribution in [0.1, 0.15) is 0 Å². The molecule has 0 bridgehead atoms. The van der Waals surface area contributed by atoms with E-state index in [1.54, 1.807) is 0 Å². The molecule has 0 aliphatic rings. The normalized spacial score (nSPS) is 9.08. The first kappa shape index (κ1) is 15.8. The summed E-state index contributed by atoms with van der Waals surface area (Å²) in [4.78, 5) is 0. The van der Waals surface area contributed by atoms with E-state index >= 15 is 0 Å². The standard InChI is InChI=1S/C6H6.ClH2NO3S.Na/c1-2-4-6-5-3-1;1-2-6(3,4)5;/h1-6H;2H,(H,3,4,5);/q;;+1/p-1. The van der Waals surface area contributed by atoms with Gasteiger partial charge in [-0.1, -0.05) is 36.4 Å². The smallest absolute Gasteiger partial charge is 0.735 e. The average Bonchev–Trinajstić information content (AvgIpc) is 2.07. The largest absolute Gasteiger partial charge is 1.00 e. The molecule has 68 valence electrons. The van der Waals surface area contributed by atoms with Gasteiger partial charge in [0.2, 0.25) is 0 Å². The summed E-state index contributed by atoms with van der Waals surface area (Å²) in [7, 11) is -4.40. The summed E-state index contributed by atoms with van der Waals surface area (Å²) in [6.45, 7) is 0. The van der Waals surface area contributed by atoms with Crippen LogP contribution >= 0.6 is 11.8 Å². The van der Waals surface area contributed by atoms with Gasteiger partial charge in [0.15, 0.2) is 10.3 Å². The Morgan fingerprint density at radius 2 is 1.15 bits per heavy atom. The first-order valence-corrected chi connectivity index (χ1v) is 4.68. The maximum Gasteiger partial charge on any atom is 1.00 e. The van der Waals surface area contributed by atoms with Crippen LogP contribution in [0.3, 0.4) is 0 Å². The van der Waals surface area contributed by atoms with Gasteiger partial charge in [-0.3, -0.25) is 0 Å². The Kier molecular flexibility index (Phi) is 10.9. The molecule has 0 saturated carbocycles. The molecule has 0 radical (unpaired) electrons. The topological polar surface area (TPSA) is 69.2 Å². The predicted molar refractivity (Wildman–Crippen MR) is 45.1 cm³/mol. The van der Waals surface area contributed by atoms with Crippen LogP contribution in [0.4, 0.5) is 0 Å². The molecule has 0 spiro atoms. The number of halogens is 1. The molecule has 0 fully saturated rings. The van der Waals surface area contributed by atoms with E-state index in [0.717, 1.165) is 4.24 Å². The molecule has 1 rings (SSSR count).